The summed E-state index contributed by atoms with van der Waals surface area (Å²) in [4.78, 5) is 17.1. The Kier molecular flexibility index (Phi) is 4.35. The van der Waals surface area contributed by atoms with Gasteiger partial charge in [0, 0.05) is 25.3 Å². The zero-order valence-corrected chi connectivity index (χ0v) is 14.8. The summed E-state index contributed by atoms with van der Waals surface area (Å²) in [6.45, 7) is 7.97. The van der Waals surface area contributed by atoms with Gasteiger partial charge in [0.05, 0.1) is 37.0 Å². The highest BCUT2D eigenvalue weighted by Crippen LogP contribution is 2.29. The molecule has 0 radical (unpaired) electrons. The molecular weight excluding hydrogens is 304 g/mol. The molecule has 1 aliphatic carbocycles. The molecule has 0 N–H and O–H groups in total. The lowest BCUT2D eigenvalue weighted by Gasteiger charge is -2.45. The monoisotopic (exact) mass is 332 g/mol. The van der Waals surface area contributed by atoms with Crippen molar-refractivity contribution in [2.75, 3.05) is 32.8 Å². The van der Waals surface area contributed by atoms with Gasteiger partial charge in [-0.1, -0.05) is 12.8 Å². The molecule has 6 heteroatoms. The first-order chi connectivity index (χ1) is 11.6. The molecule has 3 fully saturated rings. The average molecular weight is 332 g/mol. The number of aromatic nitrogens is 2. The predicted molar refractivity (Wildman–Crippen MR) is 90.9 cm³/mol. The van der Waals surface area contributed by atoms with Crippen LogP contribution in [-0.4, -0.2) is 70.4 Å². The minimum Gasteiger partial charge on any atom is -0.374 e. The standard InChI is InChI=1S/C18H28N4O2/c1-13-9-14(2)22(19-13)15-10-20(11-15)12-18(23)21-7-8-24-17-6-4-3-5-16(17)21/h9,15-17H,3-8,10-12H2,1-2H3/t16-,17-/m1/s1. The molecule has 1 aromatic heterocycles. The minimum absolute atomic E-state index is 0.273. The van der Waals surface area contributed by atoms with Crippen LogP contribution >= 0.6 is 0 Å². The van der Waals surface area contributed by atoms with Crippen molar-refractivity contribution in [1.82, 2.24) is 19.6 Å². The molecule has 1 aromatic rings. The second-order valence-electron chi connectivity index (χ2n) is 7.57. The van der Waals surface area contributed by atoms with Gasteiger partial charge in [0.25, 0.3) is 0 Å². The first kappa shape index (κ1) is 16.1. The van der Waals surface area contributed by atoms with E-state index in [9.17, 15) is 4.79 Å². The van der Waals surface area contributed by atoms with Crippen molar-refractivity contribution in [2.24, 2.45) is 0 Å². The number of amides is 1. The number of hydrogen-bond donors (Lipinski definition) is 0. The summed E-state index contributed by atoms with van der Waals surface area (Å²) in [6.07, 6.45) is 4.94. The van der Waals surface area contributed by atoms with Gasteiger partial charge in [0.1, 0.15) is 0 Å². The van der Waals surface area contributed by atoms with Crippen LogP contribution in [0, 0.1) is 13.8 Å². The van der Waals surface area contributed by atoms with Crippen LogP contribution < -0.4 is 0 Å². The Morgan fingerprint density at radius 3 is 2.83 bits per heavy atom. The van der Waals surface area contributed by atoms with Crippen LogP contribution in [0.15, 0.2) is 6.07 Å². The molecule has 1 saturated carbocycles. The third-order valence-electron chi connectivity index (χ3n) is 5.74. The third kappa shape index (κ3) is 2.97. The fourth-order valence-electron chi connectivity index (χ4n) is 4.53. The number of hydrogen-bond acceptors (Lipinski definition) is 4. The van der Waals surface area contributed by atoms with Gasteiger partial charge in [-0.2, -0.15) is 5.10 Å². The Labute approximate surface area is 143 Å². The molecule has 0 unspecified atom stereocenters. The Morgan fingerprint density at radius 2 is 2.08 bits per heavy atom. The second kappa shape index (κ2) is 6.48. The first-order valence-corrected chi connectivity index (χ1v) is 9.28. The van der Waals surface area contributed by atoms with E-state index >= 15 is 0 Å². The van der Waals surface area contributed by atoms with Crippen molar-refractivity contribution in [3.63, 3.8) is 0 Å². The lowest BCUT2D eigenvalue weighted by Crippen LogP contribution is -2.59. The highest BCUT2D eigenvalue weighted by Gasteiger charge is 2.38. The van der Waals surface area contributed by atoms with Gasteiger partial charge in [-0.05, 0) is 32.8 Å². The Bertz CT molecular complexity index is 606. The van der Waals surface area contributed by atoms with E-state index in [-0.39, 0.29) is 12.0 Å². The molecule has 2 atom stereocenters. The van der Waals surface area contributed by atoms with Gasteiger partial charge in [0.15, 0.2) is 0 Å². The maximum Gasteiger partial charge on any atom is 0.237 e. The van der Waals surface area contributed by atoms with Gasteiger partial charge in [0.2, 0.25) is 5.91 Å². The zero-order chi connectivity index (χ0) is 16.7. The van der Waals surface area contributed by atoms with Crippen LogP contribution in [0.5, 0.6) is 0 Å². The molecule has 0 spiro atoms. The van der Waals surface area contributed by atoms with Gasteiger partial charge >= 0.3 is 0 Å². The molecule has 132 valence electrons. The molecule has 3 heterocycles. The van der Waals surface area contributed by atoms with E-state index in [1.54, 1.807) is 0 Å². The molecule has 0 bridgehead atoms. The maximum absolute atomic E-state index is 12.8. The van der Waals surface area contributed by atoms with E-state index in [0.717, 1.165) is 38.2 Å². The van der Waals surface area contributed by atoms with Crippen LogP contribution in [0.1, 0.15) is 43.1 Å². The van der Waals surface area contributed by atoms with Crippen LogP contribution in [-0.2, 0) is 9.53 Å². The molecule has 6 nitrogen and oxygen atoms in total. The van der Waals surface area contributed by atoms with Crippen LogP contribution in [0.3, 0.4) is 0 Å². The smallest absolute Gasteiger partial charge is 0.237 e. The molecule has 1 amide bonds. The molecular formula is C18H28N4O2. The van der Waals surface area contributed by atoms with Gasteiger partial charge < -0.3 is 9.64 Å². The minimum atomic E-state index is 0.273. The molecule has 24 heavy (non-hydrogen) atoms. The van der Waals surface area contributed by atoms with Crippen molar-refractivity contribution >= 4 is 5.91 Å². The van der Waals surface area contributed by atoms with Crippen molar-refractivity contribution in [3.05, 3.63) is 17.5 Å². The van der Waals surface area contributed by atoms with Gasteiger partial charge in [-0.25, -0.2) is 0 Å². The number of fused-ring (bicyclic) bond motifs is 1. The van der Waals surface area contributed by atoms with E-state index in [1.165, 1.54) is 18.5 Å². The Balaban J connectivity index is 1.32. The lowest BCUT2D eigenvalue weighted by atomic mass is 9.90. The normalized spacial score (nSPS) is 28.5. The van der Waals surface area contributed by atoms with E-state index in [2.05, 4.69) is 32.6 Å². The lowest BCUT2D eigenvalue weighted by molar-refractivity contribution is -0.152. The number of morpholine rings is 1. The quantitative estimate of drug-likeness (QED) is 0.842. The van der Waals surface area contributed by atoms with Gasteiger partial charge in [-0.15, -0.1) is 0 Å². The van der Waals surface area contributed by atoms with Crippen LogP contribution in [0.25, 0.3) is 0 Å². The van der Waals surface area contributed by atoms with Gasteiger partial charge in [-0.3, -0.25) is 14.4 Å². The van der Waals surface area contributed by atoms with Crippen molar-refractivity contribution in [1.29, 1.82) is 0 Å². The third-order valence-corrected chi connectivity index (χ3v) is 5.74. The summed E-state index contributed by atoms with van der Waals surface area (Å²) < 4.78 is 7.99. The van der Waals surface area contributed by atoms with Crippen molar-refractivity contribution in [3.8, 4) is 0 Å². The molecule has 3 aliphatic rings. The SMILES string of the molecule is Cc1cc(C)n(C2CN(CC(=O)N3CCO[C@@H]4CCCC[C@H]43)C2)n1. The van der Waals surface area contributed by atoms with Crippen LogP contribution in [0.4, 0.5) is 0 Å². The molecule has 2 aliphatic heterocycles. The summed E-state index contributed by atoms with van der Waals surface area (Å²) in [7, 11) is 0. The fourth-order valence-corrected chi connectivity index (χ4v) is 4.53. The summed E-state index contributed by atoms with van der Waals surface area (Å²) in [5.74, 6) is 0.280. The topological polar surface area (TPSA) is 50.6 Å². The fraction of sp³-hybridized carbons (Fsp3) is 0.778. The first-order valence-electron chi connectivity index (χ1n) is 9.28. The van der Waals surface area contributed by atoms with Crippen molar-refractivity contribution in [2.45, 2.75) is 57.7 Å². The number of ether oxygens (including phenoxy) is 1. The zero-order valence-electron chi connectivity index (χ0n) is 14.8. The Hall–Kier alpha value is -1.40. The maximum atomic E-state index is 12.8. The summed E-state index contributed by atoms with van der Waals surface area (Å²) >= 11 is 0. The van der Waals surface area contributed by atoms with E-state index in [1.807, 2.05) is 6.92 Å². The number of carbonyl (C=O) groups excluding carboxylic acids is 1. The largest absolute Gasteiger partial charge is 0.374 e. The molecule has 2 saturated heterocycles. The molecule has 4 rings (SSSR count). The van der Waals surface area contributed by atoms with E-state index in [0.29, 0.717) is 25.2 Å². The summed E-state index contributed by atoms with van der Waals surface area (Å²) in [6, 6.07) is 2.84. The number of nitrogens with zero attached hydrogens (tertiary/aromatic N) is 4. The number of carbonyl (C=O) groups is 1. The second-order valence-corrected chi connectivity index (χ2v) is 7.57. The van der Waals surface area contributed by atoms with E-state index in [4.69, 9.17) is 4.74 Å². The number of aryl methyl sites for hydroxylation is 2. The van der Waals surface area contributed by atoms with Crippen LogP contribution in [0.2, 0.25) is 0 Å². The summed E-state index contributed by atoms with van der Waals surface area (Å²) in [5, 5.41) is 4.57. The van der Waals surface area contributed by atoms with Crippen molar-refractivity contribution < 1.29 is 9.53 Å². The Morgan fingerprint density at radius 1 is 1.29 bits per heavy atom. The predicted octanol–water partition coefficient (Wildman–Crippen LogP) is 1.53. The number of likely N-dealkylation sites (tertiary alicyclic amines) is 1. The highest BCUT2D eigenvalue weighted by atomic mass is 16.5. The van der Waals surface area contributed by atoms with E-state index < -0.39 is 0 Å². The highest BCUT2D eigenvalue weighted by molar-refractivity contribution is 5.79. The molecule has 0 aromatic carbocycles. The average Bonchev–Trinajstić information content (AvgIpc) is 2.87. The summed E-state index contributed by atoms with van der Waals surface area (Å²) in [5.41, 5.74) is 2.28. The number of rotatable bonds is 3.